The molecule has 0 aliphatic carbocycles. The van der Waals surface area contributed by atoms with Gasteiger partial charge in [-0.2, -0.15) is 0 Å². The van der Waals surface area contributed by atoms with Crippen molar-refractivity contribution in [1.29, 1.82) is 0 Å². The highest BCUT2D eigenvalue weighted by Gasteiger charge is 2.50. The molecular formula is C73H110O12. The lowest BCUT2D eigenvalue weighted by Gasteiger charge is -2.40. The van der Waals surface area contributed by atoms with Crippen molar-refractivity contribution in [3.63, 3.8) is 0 Å². The number of carbonyl (C=O) groups excluding carboxylic acids is 3. The Balaban J connectivity index is 2.75. The van der Waals surface area contributed by atoms with Gasteiger partial charge in [-0.15, -0.1) is 0 Å². The Morgan fingerprint density at radius 2 is 0.729 bits per heavy atom. The first-order valence-corrected chi connectivity index (χ1v) is 32.1. The fourth-order valence-electron chi connectivity index (χ4n) is 8.49. The Labute approximate surface area is 513 Å². The Bertz CT molecular complexity index is 2130. The van der Waals surface area contributed by atoms with Crippen LogP contribution >= 0.6 is 0 Å². The second kappa shape index (κ2) is 58.5. The number of ether oxygens (including phenoxy) is 5. The van der Waals surface area contributed by atoms with Gasteiger partial charge in [-0.25, -0.2) is 4.79 Å². The van der Waals surface area contributed by atoms with Crippen LogP contribution in [0.3, 0.4) is 0 Å². The zero-order valence-electron chi connectivity index (χ0n) is 52.3. The van der Waals surface area contributed by atoms with Crippen molar-refractivity contribution in [2.75, 3.05) is 13.2 Å². The molecule has 0 spiro atoms. The maximum absolute atomic E-state index is 13.2. The molecule has 0 radical (unpaired) electrons. The maximum Gasteiger partial charge on any atom is 0.335 e. The average Bonchev–Trinajstić information content (AvgIpc) is 2.79. The third-order valence-electron chi connectivity index (χ3n) is 13.3. The zero-order chi connectivity index (χ0) is 61.7. The summed E-state index contributed by atoms with van der Waals surface area (Å²) in [4.78, 5) is 51.3. The molecule has 1 aliphatic heterocycles. The normalized spacial score (nSPS) is 18.6. The van der Waals surface area contributed by atoms with E-state index in [0.717, 1.165) is 148 Å². The van der Waals surface area contributed by atoms with Gasteiger partial charge in [0.25, 0.3) is 0 Å². The van der Waals surface area contributed by atoms with Crippen LogP contribution < -0.4 is 0 Å². The Morgan fingerprint density at radius 3 is 1.13 bits per heavy atom. The molecule has 6 atom stereocenters. The van der Waals surface area contributed by atoms with Gasteiger partial charge < -0.3 is 39.0 Å². The van der Waals surface area contributed by atoms with Gasteiger partial charge in [-0.05, 0) is 135 Å². The summed E-state index contributed by atoms with van der Waals surface area (Å²) in [5.41, 5.74) is 0. The summed E-state index contributed by atoms with van der Waals surface area (Å²) in [5.74, 6) is -3.31. The number of hydrogen-bond donors (Lipinski definition) is 3. The van der Waals surface area contributed by atoms with E-state index in [1.807, 2.05) is 18.2 Å². The van der Waals surface area contributed by atoms with Gasteiger partial charge in [-0.3, -0.25) is 14.4 Å². The third kappa shape index (κ3) is 48.0. The number of carbonyl (C=O) groups is 4. The first-order chi connectivity index (χ1) is 41.6. The number of allylic oxidation sites excluding steroid dienone is 28. The van der Waals surface area contributed by atoms with Crippen LogP contribution in [-0.4, -0.2) is 89.2 Å². The number of aliphatic hydroxyl groups is 2. The van der Waals surface area contributed by atoms with Crippen LogP contribution in [0.1, 0.15) is 213 Å². The summed E-state index contributed by atoms with van der Waals surface area (Å²) in [5, 5.41) is 31.6. The second-order valence-electron chi connectivity index (χ2n) is 20.9. The largest absolute Gasteiger partial charge is 0.479 e. The SMILES string of the molecule is CC/C=C\C/C=C\C/C=C\C/C=C\C/C=C\C/C=C\CCC(=O)OC1C(OCC(COC(=O)CCCCC/C=C\C/C=C\C/C=C\C/C=C\C/C=C\CC)OC(=O)CCCCCCCCC/C=C\C/C=C\C/C=C\CC)OC(C(=O)O)C(O)C1O. The van der Waals surface area contributed by atoms with Gasteiger partial charge in [0.2, 0.25) is 0 Å². The van der Waals surface area contributed by atoms with E-state index in [9.17, 15) is 34.5 Å². The van der Waals surface area contributed by atoms with Crippen molar-refractivity contribution in [2.24, 2.45) is 0 Å². The zero-order valence-corrected chi connectivity index (χ0v) is 52.3. The monoisotopic (exact) mass is 1180 g/mol. The quantitative estimate of drug-likeness (QED) is 0.0228. The number of rotatable bonds is 52. The van der Waals surface area contributed by atoms with E-state index in [0.29, 0.717) is 25.7 Å². The number of unbranched alkanes of at least 4 members (excludes halogenated alkanes) is 10. The maximum atomic E-state index is 13.2. The molecule has 1 fully saturated rings. The van der Waals surface area contributed by atoms with Gasteiger partial charge in [0.15, 0.2) is 24.6 Å². The Morgan fingerprint density at radius 1 is 0.388 bits per heavy atom. The molecule has 1 heterocycles. The van der Waals surface area contributed by atoms with E-state index < -0.39 is 67.3 Å². The van der Waals surface area contributed by atoms with E-state index in [1.54, 1.807) is 0 Å². The van der Waals surface area contributed by atoms with E-state index >= 15 is 0 Å². The molecule has 0 aromatic heterocycles. The highest BCUT2D eigenvalue weighted by atomic mass is 16.7. The van der Waals surface area contributed by atoms with Crippen molar-refractivity contribution in [3.8, 4) is 0 Å². The van der Waals surface area contributed by atoms with E-state index in [1.165, 1.54) is 0 Å². The molecule has 3 N–H and O–H groups in total. The predicted octanol–water partition coefficient (Wildman–Crippen LogP) is 17.5. The molecule has 85 heavy (non-hydrogen) atoms. The van der Waals surface area contributed by atoms with Crippen LogP contribution in [0, 0.1) is 0 Å². The standard InChI is InChI=1S/C73H110O12/c1-4-7-10-13-16-19-22-25-28-31-33-36-38-41-44-47-50-53-56-59-65(74)81-62-64(83-66(75)60-57-54-51-48-45-42-39-35-30-27-24-21-18-15-12-9-6-3)63-82-73-71(69(78)68(77)70(85-73)72(79)80)84-67(76)61-58-55-52-49-46-43-40-37-34-32-29-26-23-20-17-14-11-8-5-2/h7-12,16-21,25-30,33-34,36-37,41,43-44,46,52,55,64,68-71,73,77-78H,4-6,13-15,22-24,31-32,35,38-40,42,45,47-51,53-54,56-63H2,1-3H3,(H,79,80)/b10-7-,11-8-,12-9-,19-16-,20-17-,21-18-,28-25-,29-26-,30-27-,36-33-,37-34-,44-41-,46-43-,55-52-. The molecule has 0 bridgehead atoms. The topological polar surface area (TPSA) is 175 Å². The van der Waals surface area contributed by atoms with Gasteiger partial charge in [0, 0.05) is 19.3 Å². The molecular weight excluding hydrogens is 1070 g/mol. The average molecular weight is 1180 g/mol. The van der Waals surface area contributed by atoms with Crippen LogP contribution in [0.15, 0.2) is 170 Å². The fourth-order valence-corrected chi connectivity index (χ4v) is 8.49. The van der Waals surface area contributed by atoms with Crippen molar-refractivity contribution < 1.29 is 58.2 Å². The van der Waals surface area contributed by atoms with Crippen LogP contribution in [0.25, 0.3) is 0 Å². The predicted molar refractivity (Wildman–Crippen MR) is 348 cm³/mol. The molecule has 6 unspecified atom stereocenters. The number of carboxylic acids is 1. The Hall–Kier alpha value is -5.92. The summed E-state index contributed by atoms with van der Waals surface area (Å²) < 4.78 is 28.4. The lowest BCUT2D eigenvalue weighted by atomic mass is 9.98. The number of hydrogen-bond acceptors (Lipinski definition) is 11. The lowest BCUT2D eigenvalue weighted by molar-refractivity contribution is -0.301. The van der Waals surface area contributed by atoms with Crippen LogP contribution in [0.4, 0.5) is 0 Å². The fraction of sp³-hybridized carbons (Fsp3) is 0.562. The molecule has 1 aliphatic rings. The van der Waals surface area contributed by atoms with Crippen LogP contribution in [0.5, 0.6) is 0 Å². The molecule has 1 rings (SSSR count). The molecule has 0 aromatic rings. The van der Waals surface area contributed by atoms with Gasteiger partial charge in [0.05, 0.1) is 6.61 Å². The molecule has 0 amide bonds. The lowest BCUT2D eigenvalue weighted by Crippen LogP contribution is -2.61. The van der Waals surface area contributed by atoms with Crippen LogP contribution in [0.2, 0.25) is 0 Å². The second-order valence-corrected chi connectivity index (χ2v) is 20.9. The first kappa shape index (κ1) is 77.1. The first-order valence-electron chi connectivity index (χ1n) is 32.1. The summed E-state index contributed by atoms with van der Waals surface area (Å²) >= 11 is 0. The van der Waals surface area contributed by atoms with Crippen molar-refractivity contribution in [2.45, 2.75) is 250 Å². The van der Waals surface area contributed by atoms with E-state index in [-0.39, 0.29) is 25.9 Å². The molecule has 12 heteroatoms. The minimum atomic E-state index is -1.95. The summed E-state index contributed by atoms with van der Waals surface area (Å²) in [6, 6.07) is 0. The van der Waals surface area contributed by atoms with Gasteiger partial charge >= 0.3 is 23.9 Å². The van der Waals surface area contributed by atoms with Gasteiger partial charge in [0.1, 0.15) is 18.8 Å². The number of carboxylic acid groups (broad SMARTS) is 1. The molecule has 12 nitrogen and oxygen atoms in total. The smallest absolute Gasteiger partial charge is 0.335 e. The number of aliphatic carboxylic acids is 1. The number of esters is 3. The summed E-state index contributed by atoms with van der Waals surface area (Å²) in [6.07, 6.45) is 74.6. The highest BCUT2D eigenvalue weighted by molar-refractivity contribution is 5.74. The Kier molecular flexibility index (Phi) is 53.0. The molecule has 0 saturated carbocycles. The molecule has 1 saturated heterocycles. The van der Waals surface area contributed by atoms with Crippen molar-refractivity contribution in [1.82, 2.24) is 0 Å². The van der Waals surface area contributed by atoms with Crippen molar-refractivity contribution >= 4 is 23.9 Å². The molecule has 474 valence electrons. The highest BCUT2D eigenvalue weighted by Crippen LogP contribution is 2.26. The van der Waals surface area contributed by atoms with E-state index in [2.05, 4.69) is 173 Å². The summed E-state index contributed by atoms with van der Waals surface area (Å²) in [7, 11) is 0. The van der Waals surface area contributed by atoms with Crippen molar-refractivity contribution in [3.05, 3.63) is 170 Å². The van der Waals surface area contributed by atoms with Crippen LogP contribution in [-0.2, 0) is 42.9 Å². The minimum absolute atomic E-state index is 0.0795. The number of aliphatic hydroxyl groups excluding tert-OH is 2. The third-order valence-corrected chi connectivity index (χ3v) is 13.3. The van der Waals surface area contributed by atoms with E-state index in [4.69, 9.17) is 23.7 Å². The van der Waals surface area contributed by atoms with Gasteiger partial charge in [-0.1, -0.05) is 229 Å². The summed E-state index contributed by atoms with van der Waals surface area (Å²) in [6.45, 7) is 5.58. The molecule has 0 aromatic carbocycles. The minimum Gasteiger partial charge on any atom is -0.479 e.